The molecule has 3 nitrogen and oxygen atoms in total. The van der Waals surface area contributed by atoms with E-state index in [1.807, 2.05) is 56.3 Å². The van der Waals surface area contributed by atoms with Crippen molar-refractivity contribution in [2.24, 2.45) is 0 Å². The number of benzene rings is 2. The third-order valence-corrected chi connectivity index (χ3v) is 4.63. The molecule has 0 aliphatic rings. The molecule has 0 heterocycles. The standard InChI is InChI=1S/C16H19O3P/c1-12-9-13(2)16(11-20(17,18)19-3)15(10-12)14-7-5-4-6-8-14/h4-10H,11H2,1-3H3,(H,17,18). The van der Waals surface area contributed by atoms with E-state index in [-0.39, 0.29) is 6.16 Å². The molecule has 0 saturated carbocycles. The molecule has 0 spiro atoms. The highest BCUT2D eigenvalue weighted by molar-refractivity contribution is 7.51. The van der Waals surface area contributed by atoms with Gasteiger partial charge in [-0.3, -0.25) is 4.57 Å². The first kappa shape index (κ1) is 15.0. The summed E-state index contributed by atoms with van der Waals surface area (Å²) in [5.74, 6) is 0. The molecule has 0 radical (unpaired) electrons. The lowest BCUT2D eigenvalue weighted by atomic mass is 9.95. The predicted octanol–water partition coefficient (Wildman–Crippen LogP) is 4.30. The van der Waals surface area contributed by atoms with E-state index < -0.39 is 7.60 Å². The maximum absolute atomic E-state index is 11.9. The third-order valence-electron chi connectivity index (χ3n) is 3.35. The fourth-order valence-corrected chi connectivity index (χ4v) is 3.30. The normalized spacial score (nSPS) is 14.0. The second kappa shape index (κ2) is 5.92. The molecule has 0 amide bonds. The Morgan fingerprint density at radius 2 is 1.80 bits per heavy atom. The SMILES string of the molecule is COP(=O)(O)Cc1c(C)cc(C)cc1-c1ccccc1. The van der Waals surface area contributed by atoms with Gasteiger partial charge in [-0.2, -0.15) is 0 Å². The topological polar surface area (TPSA) is 46.5 Å². The molecule has 1 atom stereocenters. The van der Waals surface area contributed by atoms with Crippen LogP contribution in [0.15, 0.2) is 42.5 Å². The molecule has 0 saturated heterocycles. The Balaban J connectivity index is 2.58. The van der Waals surface area contributed by atoms with E-state index in [1.54, 1.807) is 0 Å². The lowest BCUT2D eigenvalue weighted by Crippen LogP contribution is -1.98. The minimum absolute atomic E-state index is 0.0276. The zero-order chi connectivity index (χ0) is 14.8. The number of hydrogen-bond acceptors (Lipinski definition) is 2. The summed E-state index contributed by atoms with van der Waals surface area (Å²) in [5, 5.41) is 0. The van der Waals surface area contributed by atoms with Crippen molar-refractivity contribution >= 4 is 7.60 Å². The molecule has 1 unspecified atom stereocenters. The second-order valence-electron chi connectivity index (χ2n) is 4.95. The summed E-state index contributed by atoms with van der Waals surface area (Å²) in [4.78, 5) is 9.78. The summed E-state index contributed by atoms with van der Waals surface area (Å²) in [6, 6.07) is 14.0. The summed E-state index contributed by atoms with van der Waals surface area (Å²) in [6.07, 6.45) is 0.0276. The van der Waals surface area contributed by atoms with Gasteiger partial charge in [0.25, 0.3) is 0 Å². The van der Waals surface area contributed by atoms with E-state index in [2.05, 4.69) is 0 Å². The van der Waals surface area contributed by atoms with Crippen LogP contribution in [0, 0.1) is 13.8 Å². The molecular weight excluding hydrogens is 271 g/mol. The van der Waals surface area contributed by atoms with Crippen LogP contribution in [0.5, 0.6) is 0 Å². The first-order chi connectivity index (χ1) is 9.43. The maximum atomic E-state index is 11.9. The van der Waals surface area contributed by atoms with Crippen LogP contribution in [-0.2, 0) is 15.3 Å². The molecule has 4 heteroatoms. The van der Waals surface area contributed by atoms with Crippen LogP contribution >= 0.6 is 7.60 Å². The minimum Gasteiger partial charge on any atom is -0.324 e. The zero-order valence-electron chi connectivity index (χ0n) is 12.0. The van der Waals surface area contributed by atoms with Crippen LogP contribution in [-0.4, -0.2) is 12.0 Å². The molecule has 20 heavy (non-hydrogen) atoms. The van der Waals surface area contributed by atoms with Gasteiger partial charge in [-0.15, -0.1) is 0 Å². The molecule has 2 aromatic rings. The van der Waals surface area contributed by atoms with E-state index in [0.717, 1.165) is 27.8 Å². The Kier molecular flexibility index (Phi) is 4.44. The molecule has 0 bridgehead atoms. The van der Waals surface area contributed by atoms with Crippen LogP contribution in [0.25, 0.3) is 11.1 Å². The van der Waals surface area contributed by atoms with Crippen LogP contribution < -0.4 is 0 Å². The van der Waals surface area contributed by atoms with Crippen molar-refractivity contribution in [3.05, 3.63) is 59.2 Å². The zero-order valence-corrected chi connectivity index (χ0v) is 12.9. The molecular formula is C16H19O3P. The summed E-state index contributed by atoms with van der Waals surface area (Å²) >= 11 is 0. The first-order valence-corrected chi connectivity index (χ1v) is 8.22. The van der Waals surface area contributed by atoms with E-state index in [9.17, 15) is 9.46 Å². The Hall–Kier alpha value is -1.41. The maximum Gasteiger partial charge on any atom is 0.332 e. The van der Waals surface area contributed by atoms with Gasteiger partial charge < -0.3 is 9.42 Å². The Morgan fingerprint density at radius 3 is 2.40 bits per heavy atom. The number of hydrogen-bond donors (Lipinski definition) is 1. The van der Waals surface area contributed by atoms with Gasteiger partial charge in [-0.1, -0.05) is 48.0 Å². The van der Waals surface area contributed by atoms with E-state index in [4.69, 9.17) is 4.52 Å². The fourth-order valence-electron chi connectivity index (χ4n) is 2.35. The van der Waals surface area contributed by atoms with Crippen molar-refractivity contribution in [2.75, 3.05) is 7.11 Å². The Morgan fingerprint density at radius 1 is 1.15 bits per heavy atom. The van der Waals surface area contributed by atoms with E-state index in [0.29, 0.717) is 0 Å². The van der Waals surface area contributed by atoms with Gasteiger partial charge in [0.2, 0.25) is 0 Å². The highest BCUT2D eigenvalue weighted by Gasteiger charge is 2.22. The van der Waals surface area contributed by atoms with Gasteiger partial charge in [-0.05, 0) is 36.1 Å². The van der Waals surface area contributed by atoms with Gasteiger partial charge in [-0.25, -0.2) is 0 Å². The van der Waals surface area contributed by atoms with Gasteiger partial charge in [0, 0.05) is 7.11 Å². The number of rotatable bonds is 4. The highest BCUT2D eigenvalue weighted by Crippen LogP contribution is 2.47. The van der Waals surface area contributed by atoms with Crippen molar-refractivity contribution < 1.29 is 14.0 Å². The predicted molar refractivity (Wildman–Crippen MR) is 81.9 cm³/mol. The van der Waals surface area contributed by atoms with Gasteiger partial charge >= 0.3 is 7.60 Å². The van der Waals surface area contributed by atoms with Gasteiger partial charge in [0.15, 0.2) is 0 Å². The van der Waals surface area contributed by atoms with Crippen molar-refractivity contribution in [3.63, 3.8) is 0 Å². The van der Waals surface area contributed by atoms with Crippen molar-refractivity contribution in [1.82, 2.24) is 0 Å². The second-order valence-corrected chi connectivity index (χ2v) is 6.91. The minimum atomic E-state index is -3.58. The lowest BCUT2D eigenvalue weighted by Gasteiger charge is -2.17. The summed E-state index contributed by atoms with van der Waals surface area (Å²) in [5.41, 5.74) is 5.06. The van der Waals surface area contributed by atoms with E-state index >= 15 is 0 Å². The molecule has 2 rings (SSSR count). The summed E-state index contributed by atoms with van der Waals surface area (Å²) < 4.78 is 16.6. The highest BCUT2D eigenvalue weighted by atomic mass is 31.2. The molecule has 0 aliphatic heterocycles. The smallest absolute Gasteiger partial charge is 0.324 e. The molecule has 106 valence electrons. The summed E-state index contributed by atoms with van der Waals surface area (Å²) in [6.45, 7) is 3.99. The van der Waals surface area contributed by atoms with Crippen LogP contribution in [0.2, 0.25) is 0 Å². The Labute approximate surface area is 119 Å². The Bertz CT molecular complexity index is 650. The molecule has 2 aromatic carbocycles. The van der Waals surface area contributed by atoms with Crippen LogP contribution in [0.4, 0.5) is 0 Å². The third kappa shape index (κ3) is 3.37. The fraction of sp³-hybridized carbons (Fsp3) is 0.250. The van der Waals surface area contributed by atoms with Crippen molar-refractivity contribution in [3.8, 4) is 11.1 Å². The van der Waals surface area contributed by atoms with Crippen LogP contribution in [0.1, 0.15) is 16.7 Å². The molecule has 0 aromatic heterocycles. The van der Waals surface area contributed by atoms with Gasteiger partial charge in [0.05, 0.1) is 6.16 Å². The largest absolute Gasteiger partial charge is 0.332 e. The molecule has 1 N–H and O–H groups in total. The van der Waals surface area contributed by atoms with Gasteiger partial charge in [0.1, 0.15) is 0 Å². The molecule has 0 fully saturated rings. The molecule has 0 aliphatic carbocycles. The number of aryl methyl sites for hydroxylation is 2. The van der Waals surface area contributed by atoms with Crippen molar-refractivity contribution in [2.45, 2.75) is 20.0 Å². The monoisotopic (exact) mass is 290 g/mol. The summed E-state index contributed by atoms with van der Waals surface area (Å²) in [7, 11) is -2.31. The lowest BCUT2D eigenvalue weighted by molar-refractivity contribution is 0.314. The van der Waals surface area contributed by atoms with E-state index in [1.165, 1.54) is 7.11 Å². The van der Waals surface area contributed by atoms with Crippen molar-refractivity contribution in [1.29, 1.82) is 0 Å². The van der Waals surface area contributed by atoms with Crippen LogP contribution in [0.3, 0.4) is 0 Å². The average molecular weight is 290 g/mol. The first-order valence-electron chi connectivity index (χ1n) is 6.46. The quantitative estimate of drug-likeness (QED) is 0.854. The average Bonchev–Trinajstić information content (AvgIpc) is 2.42.